The zero-order chi connectivity index (χ0) is 25.5. The van der Waals surface area contributed by atoms with E-state index < -0.39 is 35.1 Å². The van der Waals surface area contributed by atoms with Crippen LogP contribution in [0.5, 0.6) is 0 Å². The van der Waals surface area contributed by atoms with E-state index in [2.05, 4.69) is 10.3 Å². The molecule has 35 heavy (non-hydrogen) atoms. The second kappa shape index (κ2) is 8.76. The van der Waals surface area contributed by atoms with Gasteiger partial charge in [0, 0.05) is 23.2 Å². The number of hydrogen-bond acceptors (Lipinski definition) is 7. The molecule has 0 unspecified atom stereocenters. The van der Waals surface area contributed by atoms with Crippen molar-refractivity contribution in [1.82, 2.24) is 14.9 Å². The quantitative estimate of drug-likeness (QED) is 0.357. The third-order valence-electron chi connectivity index (χ3n) is 4.89. The Labute approximate surface area is 198 Å². The molecule has 0 bridgehead atoms. The molecule has 0 aliphatic carbocycles. The Morgan fingerprint density at radius 2 is 1.86 bits per heavy atom. The van der Waals surface area contributed by atoms with Crippen molar-refractivity contribution in [1.29, 1.82) is 0 Å². The number of halogens is 3. The molecule has 0 saturated heterocycles. The fourth-order valence-electron chi connectivity index (χ4n) is 3.33. The van der Waals surface area contributed by atoms with Crippen molar-refractivity contribution in [3.8, 4) is 5.69 Å². The number of pyridine rings is 2. The standard InChI is InChI=1S/C22H13F3N4O5S/c23-22(24,25)11-2-5-15(27-9-11)35-14-4-3-12(7-10(14)1-6-17(31)32)29-16(30)8-13-18(19(29)26)21(34)28-20(13)33/h1-9H,26H2,(H,31,32)(H,28,33,34). The van der Waals surface area contributed by atoms with Gasteiger partial charge in [-0.05, 0) is 42.0 Å². The molecule has 1 aliphatic rings. The number of nitrogens with zero attached hydrogens (tertiary/aromatic N) is 2. The Kier molecular flexibility index (Phi) is 5.94. The van der Waals surface area contributed by atoms with Crippen LogP contribution in [-0.4, -0.2) is 32.4 Å². The number of anilines is 1. The molecule has 0 fully saturated rings. The van der Waals surface area contributed by atoms with Crippen LogP contribution in [0, 0.1) is 0 Å². The van der Waals surface area contributed by atoms with Gasteiger partial charge in [0.1, 0.15) is 10.8 Å². The van der Waals surface area contributed by atoms with Gasteiger partial charge in [-0.2, -0.15) is 13.2 Å². The number of nitrogens with one attached hydrogen (secondary N) is 1. The van der Waals surface area contributed by atoms with Crippen molar-refractivity contribution >= 4 is 41.4 Å². The highest BCUT2D eigenvalue weighted by Gasteiger charge is 2.32. The second-order valence-electron chi connectivity index (χ2n) is 7.15. The summed E-state index contributed by atoms with van der Waals surface area (Å²) in [6.07, 6.45) is -1.80. The van der Waals surface area contributed by atoms with Gasteiger partial charge in [-0.15, -0.1) is 0 Å². The van der Waals surface area contributed by atoms with Gasteiger partial charge in [0.05, 0.1) is 22.4 Å². The summed E-state index contributed by atoms with van der Waals surface area (Å²) in [7, 11) is 0. The number of carboxylic acid groups (broad SMARTS) is 1. The van der Waals surface area contributed by atoms with Crippen LogP contribution in [0.1, 0.15) is 31.8 Å². The zero-order valence-corrected chi connectivity index (χ0v) is 18.1. The Morgan fingerprint density at radius 1 is 1.11 bits per heavy atom. The molecule has 178 valence electrons. The van der Waals surface area contributed by atoms with E-state index >= 15 is 0 Å². The van der Waals surface area contributed by atoms with E-state index in [1.807, 2.05) is 0 Å². The molecule has 4 rings (SSSR count). The number of carboxylic acids is 1. The largest absolute Gasteiger partial charge is 0.478 e. The van der Waals surface area contributed by atoms with Crippen LogP contribution in [0.25, 0.3) is 11.8 Å². The van der Waals surface area contributed by atoms with E-state index in [9.17, 15) is 32.3 Å². The number of imide groups is 1. The Balaban J connectivity index is 1.78. The monoisotopic (exact) mass is 502 g/mol. The first-order valence-corrected chi connectivity index (χ1v) is 10.4. The molecular formula is C22H13F3N4O5S. The van der Waals surface area contributed by atoms with Crippen molar-refractivity contribution in [3.63, 3.8) is 0 Å². The maximum Gasteiger partial charge on any atom is 0.417 e. The van der Waals surface area contributed by atoms with E-state index in [4.69, 9.17) is 10.8 Å². The third kappa shape index (κ3) is 4.66. The number of amides is 2. The van der Waals surface area contributed by atoms with Crippen LogP contribution >= 0.6 is 11.8 Å². The van der Waals surface area contributed by atoms with Gasteiger partial charge in [-0.25, -0.2) is 9.78 Å². The average Bonchev–Trinajstić information content (AvgIpc) is 3.06. The zero-order valence-electron chi connectivity index (χ0n) is 17.3. The van der Waals surface area contributed by atoms with Gasteiger partial charge >= 0.3 is 12.1 Å². The molecule has 0 spiro atoms. The van der Waals surface area contributed by atoms with Crippen molar-refractivity contribution in [2.75, 3.05) is 5.73 Å². The molecule has 0 saturated carbocycles. The van der Waals surface area contributed by atoms with Crippen molar-refractivity contribution in [2.45, 2.75) is 16.1 Å². The van der Waals surface area contributed by atoms with Gasteiger partial charge in [0.2, 0.25) is 0 Å². The van der Waals surface area contributed by atoms with Crippen molar-refractivity contribution < 1.29 is 32.7 Å². The molecule has 1 aromatic carbocycles. The van der Waals surface area contributed by atoms with E-state index in [-0.39, 0.29) is 33.2 Å². The first kappa shape index (κ1) is 23.8. The van der Waals surface area contributed by atoms with Crippen LogP contribution in [-0.2, 0) is 11.0 Å². The number of nitrogen functional groups attached to an aromatic ring is 1. The lowest BCUT2D eigenvalue weighted by Crippen LogP contribution is -2.24. The lowest BCUT2D eigenvalue weighted by molar-refractivity contribution is -0.138. The normalized spacial score (nSPS) is 13.2. The van der Waals surface area contributed by atoms with Gasteiger partial charge < -0.3 is 10.8 Å². The molecule has 1 aliphatic heterocycles. The summed E-state index contributed by atoms with van der Waals surface area (Å²) in [5, 5.41) is 11.3. The molecule has 0 radical (unpaired) electrons. The maximum absolute atomic E-state index is 12.8. The minimum atomic E-state index is -4.54. The summed E-state index contributed by atoms with van der Waals surface area (Å²) in [5.41, 5.74) is 4.54. The first-order chi connectivity index (χ1) is 16.5. The third-order valence-corrected chi connectivity index (χ3v) is 5.93. The number of nitrogens with two attached hydrogens (primary N) is 1. The van der Waals surface area contributed by atoms with Crippen molar-refractivity contribution in [2.24, 2.45) is 0 Å². The predicted molar refractivity (Wildman–Crippen MR) is 118 cm³/mol. The summed E-state index contributed by atoms with van der Waals surface area (Å²) in [4.78, 5) is 51.9. The number of carbonyl (C=O) groups excluding carboxylic acids is 2. The molecule has 13 heteroatoms. The van der Waals surface area contributed by atoms with Gasteiger partial charge in [0.25, 0.3) is 17.4 Å². The summed E-state index contributed by atoms with van der Waals surface area (Å²) >= 11 is 0.968. The van der Waals surface area contributed by atoms with Gasteiger partial charge in [-0.3, -0.25) is 24.3 Å². The molecule has 3 heterocycles. The summed E-state index contributed by atoms with van der Waals surface area (Å²) in [6, 6.07) is 7.35. The topological polar surface area (TPSA) is 144 Å². The second-order valence-corrected chi connectivity index (χ2v) is 8.22. The SMILES string of the molecule is Nc1c2c(cc(=O)n1-c1ccc(Sc3ccc(C(F)(F)F)cn3)c(C=CC(=O)O)c1)C(=O)NC2=O. The van der Waals surface area contributed by atoms with Crippen LogP contribution in [0.3, 0.4) is 0 Å². The number of aliphatic carboxylic acids is 1. The molecule has 0 atom stereocenters. The smallest absolute Gasteiger partial charge is 0.417 e. The fourth-order valence-corrected chi connectivity index (χ4v) is 4.17. The fraction of sp³-hybridized carbons (Fsp3) is 0.0455. The van der Waals surface area contributed by atoms with Gasteiger partial charge in [-0.1, -0.05) is 11.8 Å². The van der Waals surface area contributed by atoms with E-state index in [1.165, 1.54) is 30.3 Å². The number of carbonyl (C=O) groups is 3. The molecule has 3 aromatic rings. The van der Waals surface area contributed by atoms with E-state index in [0.29, 0.717) is 11.1 Å². The Bertz CT molecular complexity index is 1480. The number of fused-ring (bicyclic) bond motifs is 1. The van der Waals surface area contributed by atoms with Crippen LogP contribution < -0.4 is 16.6 Å². The number of aromatic nitrogens is 2. The Hall–Kier alpha value is -4.39. The minimum absolute atomic E-state index is 0.152. The molecule has 4 N–H and O–H groups in total. The molecule has 2 amide bonds. The summed E-state index contributed by atoms with van der Waals surface area (Å²) in [5.74, 6) is -3.05. The molecule has 2 aromatic heterocycles. The first-order valence-electron chi connectivity index (χ1n) is 9.63. The highest BCUT2D eigenvalue weighted by atomic mass is 32.2. The lowest BCUT2D eigenvalue weighted by atomic mass is 10.1. The number of rotatable bonds is 5. The number of benzene rings is 1. The number of alkyl halides is 3. The highest BCUT2D eigenvalue weighted by molar-refractivity contribution is 7.99. The summed E-state index contributed by atoms with van der Waals surface area (Å²) < 4.78 is 39.4. The van der Waals surface area contributed by atoms with Crippen molar-refractivity contribution in [3.05, 3.63) is 81.3 Å². The van der Waals surface area contributed by atoms with Crippen LogP contribution in [0.2, 0.25) is 0 Å². The Morgan fingerprint density at radius 3 is 2.49 bits per heavy atom. The van der Waals surface area contributed by atoms with Gasteiger partial charge in [0.15, 0.2) is 0 Å². The van der Waals surface area contributed by atoms with E-state index in [0.717, 1.165) is 34.5 Å². The predicted octanol–water partition coefficient (Wildman–Crippen LogP) is 2.97. The lowest BCUT2D eigenvalue weighted by Gasteiger charge is -2.14. The molecular weight excluding hydrogens is 489 g/mol. The van der Waals surface area contributed by atoms with Crippen LogP contribution in [0.15, 0.2) is 63.4 Å². The minimum Gasteiger partial charge on any atom is -0.478 e. The average molecular weight is 502 g/mol. The van der Waals surface area contributed by atoms with E-state index in [1.54, 1.807) is 0 Å². The maximum atomic E-state index is 12.8. The van der Waals surface area contributed by atoms with Crippen LogP contribution in [0.4, 0.5) is 19.0 Å². The highest BCUT2D eigenvalue weighted by Crippen LogP contribution is 2.34. The summed E-state index contributed by atoms with van der Waals surface area (Å²) in [6.45, 7) is 0. The number of hydrogen-bond donors (Lipinski definition) is 3. The molecule has 9 nitrogen and oxygen atoms in total.